The number of benzene rings is 2. The van der Waals surface area contributed by atoms with Crippen LogP contribution in [-0.4, -0.2) is 19.6 Å². The molecule has 0 aliphatic rings. The molecule has 4 nitrogen and oxygen atoms in total. The number of carbonyl (C=O) groups is 1. The lowest BCUT2D eigenvalue weighted by Crippen LogP contribution is -2.22. The average molecular weight is 339 g/mol. The Bertz CT molecular complexity index is 690. The van der Waals surface area contributed by atoms with Crippen molar-refractivity contribution in [3.63, 3.8) is 0 Å². The minimum absolute atomic E-state index is 0.101. The smallest absolute Gasteiger partial charge is 0.243 e. The summed E-state index contributed by atoms with van der Waals surface area (Å²) in [6.45, 7) is 1.99. The summed E-state index contributed by atoms with van der Waals surface area (Å²) < 4.78 is 5.25. The lowest BCUT2D eigenvalue weighted by Gasteiger charge is -2.13. The van der Waals surface area contributed by atoms with Crippen molar-refractivity contribution in [3.8, 4) is 5.75 Å². The Morgan fingerprint density at radius 3 is 2.68 bits per heavy atom. The molecule has 2 aromatic carbocycles. The van der Waals surface area contributed by atoms with Crippen molar-refractivity contribution in [1.82, 2.24) is 0 Å². The Labute approximate surface area is 139 Å². The van der Waals surface area contributed by atoms with E-state index in [1.807, 2.05) is 13.0 Å². The quantitative estimate of drug-likeness (QED) is 0.851. The standard InChI is InChI=1S/C16H16Cl2N2O2/c1-10-6-14(15(22-2)8-13(10)18)19-9-16(21)20-12-5-3-4-11(17)7-12/h3-8,19H,9H2,1-2H3,(H,20,21). The number of amides is 1. The van der Waals surface area contributed by atoms with E-state index >= 15 is 0 Å². The molecule has 0 unspecified atom stereocenters. The highest BCUT2D eigenvalue weighted by Crippen LogP contribution is 2.30. The van der Waals surface area contributed by atoms with Gasteiger partial charge in [0.25, 0.3) is 0 Å². The number of hydrogen-bond donors (Lipinski definition) is 2. The number of anilines is 2. The maximum absolute atomic E-state index is 12.0. The van der Waals surface area contributed by atoms with Crippen LogP contribution in [0.15, 0.2) is 36.4 Å². The van der Waals surface area contributed by atoms with Gasteiger partial charge < -0.3 is 15.4 Å². The summed E-state index contributed by atoms with van der Waals surface area (Å²) in [6.07, 6.45) is 0. The van der Waals surface area contributed by atoms with Crippen LogP contribution in [0.1, 0.15) is 5.56 Å². The number of rotatable bonds is 5. The highest BCUT2D eigenvalue weighted by molar-refractivity contribution is 6.31. The van der Waals surface area contributed by atoms with Crippen LogP contribution in [0.4, 0.5) is 11.4 Å². The molecule has 0 saturated heterocycles. The van der Waals surface area contributed by atoms with E-state index in [0.717, 1.165) is 5.56 Å². The van der Waals surface area contributed by atoms with Crippen molar-refractivity contribution in [2.45, 2.75) is 6.92 Å². The molecule has 0 aliphatic carbocycles. The summed E-state index contributed by atoms with van der Waals surface area (Å²) >= 11 is 11.9. The largest absolute Gasteiger partial charge is 0.495 e. The lowest BCUT2D eigenvalue weighted by molar-refractivity contribution is -0.114. The maximum atomic E-state index is 12.0. The van der Waals surface area contributed by atoms with E-state index < -0.39 is 0 Å². The molecule has 2 rings (SSSR count). The van der Waals surface area contributed by atoms with E-state index in [2.05, 4.69) is 10.6 Å². The Morgan fingerprint density at radius 2 is 2.00 bits per heavy atom. The highest BCUT2D eigenvalue weighted by atomic mass is 35.5. The van der Waals surface area contributed by atoms with Crippen molar-refractivity contribution in [2.75, 3.05) is 24.3 Å². The van der Waals surface area contributed by atoms with Crippen LogP contribution in [0.25, 0.3) is 0 Å². The summed E-state index contributed by atoms with van der Waals surface area (Å²) in [5, 5.41) is 6.99. The third-order valence-corrected chi connectivity index (χ3v) is 3.67. The van der Waals surface area contributed by atoms with E-state index in [1.54, 1.807) is 37.4 Å². The van der Waals surface area contributed by atoms with Crippen LogP contribution in [0, 0.1) is 6.92 Å². The Kier molecular flexibility index (Phi) is 5.52. The zero-order chi connectivity index (χ0) is 16.1. The molecule has 2 N–H and O–H groups in total. The molecule has 0 atom stereocenters. The first-order chi connectivity index (χ1) is 10.5. The SMILES string of the molecule is COc1cc(Cl)c(C)cc1NCC(=O)Nc1cccc(Cl)c1. The number of methoxy groups -OCH3 is 1. The minimum atomic E-state index is -0.183. The van der Waals surface area contributed by atoms with Crippen molar-refractivity contribution < 1.29 is 9.53 Å². The molecule has 0 aliphatic heterocycles. The topological polar surface area (TPSA) is 50.4 Å². The number of carbonyl (C=O) groups excluding carboxylic acids is 1. The van der Waals surface area contributed by atoms with Gasteiger partial charge in [-0.05, 0) is 36.8 Å². The number of ether oxygens (including phenoxy) is 1. The van der Waals surface area contributed by atoms with Gasteiger partial charge in [-0.25, -0.2) is 0 Å². The fourth-order valence-electron chi connectivity index (χ4n) is 1.92. The second-order valence-corrected chi connectivity index (χ2v) is 5.56. The van der Waals surface area contributed by atoms with E-state index in [4.69, 9.17) is 27.9 Å². The summed E-state index contributed by atoms with van der Waals surface area (Å²) in [4.78, 5) is 12.0. The minimum Gasteiger partial charge on any atom is -0.495 e. The van der Waals surface area contributed by atoms with Crippen LogP contribution in [-0.2, 0) is 4.79 Å². The van der Waals surface area contributed by atoms with Gasteiger partial charge in [-0.2, -0.15) is 0 Å². The van der Waals surface area contributed by atoms with E-state index in [9.17, 15) is 4.79 Å². The molecular formula is C16H16Cl2N2O2. The summed E-state index contributed by atoms with van der Waals surface area (Å²) in [7, 11) is 1.55. The molecule has 0 spiro atoms. The van der Waals surface area contributed by atoms with Gasteiger partial charge in [0.05, 0.1) is 19.3 Å². The van der Waals surface area contributed by atoms with E-state index in [0.29, 0.717) is 27.2 Å². The fraction of sp³-hybridized carbons (Fsp3) is 0.188. The zero-order valence-corrected chi connectivity index (χ0v) is 13.8. The molecule has 6 heteroatoms. The number of nitrogens with one attached hydrogen (secondary N) is 2. The second-order valence-electron chi connectivity index (χ2n) is 4.71. The molecule has 1 amide bonds. The Morgan fingerprint density at radius 1 is 1.23 bits per heavy atom. The highest BCUT2D eigenvalue weighted by Gasteiger charge is 2.09. The normalized spacial score (nSPS) is 10.2. The second kappa shape index (κ2) is 7.38. The fourth-order valence-corrected chi connectivity index (χ4v) is 2.26. The predicted octanol–water partition coefficient (Wildman–Crippen LogP) is 4.36. The molecule has 0 saturated carbocycles. The molecule has 0 radical (unpaired) electrons. The van der Waals surface area contributed by atoms with Gasteiger partial charge in [0.2, 0.25) is 5.91 Å². The van der Waals surface area contributed by atoms with Crippen LogP contribution >= 0.6 is 23.2 Å². The molecule has 0 heterocycles. The molecular weight excluding hydrogens is 323 g/mol. The molecule has 116 valence electrons. The maximum Gasteiger partial charge on any atom is 0.243 e. The third-order valence-electron chi connectivity index (χ3n) is 3.03. The first-order valence-electron chi connectivity index (χ1n) is 6.63. The molecule has 0 bridgehead atoms. The summed E-state index contributed by atoms with van der Waals surface area (Å²) in [5.74, 6) is 0.406. The summed E-state index contributed by atoms with van der Waals surface area (Å²) in [6, 6.07) is 10.5. The van der Waals surface area contributed by atoms with E-state index in [-0.39, 0.29) is 12.5 Å². The van der Waals surface area contributed by atoms with Crippen LogP contribution < -0.4 is 15.4 Å². The summed E-state index contributed by atoms with van der Waals surface area (Å²) in [5.41, 5.74) is 2.27. The molecule has 22 heavy (non-hydrogen) atoms. The van der Waals surface area contributed by atoms with Crippen molar-refractivity contribution in [3.05, 3.63) is 52.0 Å². The Hall–Kier alpha value is -1.91. The van der Waals surface area contributed by atoms with Gasteiger partial charge >= 0.3 is 0 Å². The van der Waals surface area contributed by atoms with Gasteiger partial charge in [-0.15, -0.1) is 0 Å². The van der Waals surface area contributed by atoms with Gasteiger partial charge in [0.15, 0.2) is 0 Å². The van der Waals surface area contributed by atoms with E-state index in [1.165, 1.54) is 0 Å². The van der Waals surface area contributed by atoms with Crippen molar-refractivity contribution >= 4 is 40.5 Å². The number of halogens is 2. The van der Waals surface area contributed by atoms with Crippen molar-refractivity contribution in [2.24, 2.45) is 0 Å². The van der Waals surface area contributed by atoms with Crippen molar-refractivity contribution in [1.29, 1.82) is 0 Å². The zero-order valence-electron chi connectivity index (χ0n) is 12.2. The van der Waals surface area contributed by atoms with Crippen LogP contribution in [0.5, 0.6) is 5.75 Å². The lowest BCUT2D eigenvalue weighted by atomic mass is 10.2. The molecule has 0 fully saturated rings. The van der Waals surface area contributed by atoms with Gasteiger partial charge in [0.1, 0.15) is 5.75 Å². The number of aryl methyl sites for hydroxylation is 1. The number of hydrogen-bond acceptors (Lipinski definition) is 3. The third kappa shape index (κ3) is 4.29. The average Bonchev–Trinajstić information content (AvgIpc) is 2.48. The van der Waals surface area contributed by atoms with Crippen LogP contribution in [0.3, 0.4) is 0 Å². The van der Waals surface area contributed by atoms with Crippen LogP contribution in [0.2, 0.25) is 10.0 Å². The van der Waals surface area contributed by atoms with Gasteiger partial charge in [0, 0.05) is 21.8 Å². The molecule has 2 aromatic rings. The monoisotopic (exact) mass is 338 g/mol. The molecule has 0 aromatic heterocycles. The first kappa shape index (κ1) is 16.5. The predicted molar refractivity (Wildman–Crippen MR) is 91.3 cm³/mol. The van der Waals surface area contributed by atoms with Gasteiger partial charge in [-0.3, -0.25) is 4.79 Å². The van der Waals surface area contributed by atoms with Gasteiger partial charge in [-0.1, -0.05) is 29.3 Å². The Balaban J connectivity index is 2.01. The first-order valence-corrected chi connectivity index (χ1v) is 7.38.